The smallest absolute Gasteiger partial charge is 0.328 e. The first-order valence-corrected chi connectivity index (χ1v) is 12.1. The maximum atomic E-state index is 12.8. The van der Waals surface area contributed by atoms with Crippen molar-refractivity contribution in [2.75, 3.05) is 6.54 Å². The van der Waals surface area contributed by atoms with Gasteiger partial charge in [-0.25, -0.2) is 4.79 Å². The highest BCUT2D eigenvalue weighted by atomic mass is 35.5. The van der Waals surface area contributed by atoms with E-state index in [0.29, 0.717) is 21.8 Å². The molecule has 0 aliphatic rings. The van der Waals surface area contributed by atoms with Crippen molar-refractivity contribution >= 4 is 64.3 Å². The average molecular weight is 550 g/mol. The Morgan fingerprint density at radius 1 is 1.08 bits per heavy atom. The molecule has 0 bridgehead atoms. The number of nitrogens with one attached hydrogen (secondary N) is 3. The molecule has 0 fully saturated rings. The van der Waals surface area contributed by atoms with Crippen molar-refractivity contribution in [3.05, 3.63) is 85.4 Å². The summed E-state index contributed by atoms with van der Waals surface area (Å²) >= 11 is 13.7. The molecule has 0 radical (unpaired) electrons. The third-order valence-corrected chi connectivity index (χ3v) is 6.32. The van der Waals surface area contributed by atoms with Crippen LogP contribution in [0.2, 0.25) is 10.0 Å². The summed E-state index contributed by atoms with van der Waals surface area (Å²) < 4.78 is 5.18. The normalized spacial score (nSPS) is 12.0. The predicted octanol–water partition coefficient (Wildman–Crippen LogP) is 3.98. The van der Waals surface area contributed by atoms with E-state index in [-0.39, 0.29) is 34.6 Å². The zero-order valence-corrected chi connectivity index (χ0v) is 21.2. The van der Waals surface area contributed by atoms with E-state index in [1.165, 1.54) is 29.7 Å². The Hall–Kier alpha value is -3.60. The molecule has 3 amide bonds. The number of amides is 3. The number of hydrogen-bond acceptors (Lipinski definition) is 6. The van der Waals surface area contributed by atoms with E-state index in [2.05, 4.69) is 16.0 Å². The summed E-state index contributed by atoms with van der Waals surface area (Å²) in [4.78, 5) is 49.2. The van der Waals surface area contributed by atoms with Crippen molar-refractivity contribution in [1.82, 2.24) is 16.0 Å². The summed E-state index contributed by atoms with van der Waals surface area (Å²) in [5.41, 5.74) is 0.820. The van der Waals surface area contributed by atoms with Gasteiger partial charge in [0.05, 0.1) is 26.7 Å². The lowest BCUT2D eigenvalue weighted by Gasteiger charge is -2.17. The van der Waals surface area contributed by atoms with Gasteiger partial charge in [0.2, 0.25) is 5.91 Å². The van der Waals surface area contributed by atoms with Crippen LogP contribution in [0.25, 0.3) is 6.08 Å². The van der Waals surface area contributed by atoms with Crippen molar-refractivity contribution in [2.24, 2.45) is 0 Å². The second-order valence-corrected chi connectivity index (χ2v) is 9.27. The Kier molecular flexibility index (Phi) is 9.29. The number of benzene rings is 1. The second kappa shape index (κ2) is 12.4. The van der Waals surface area contributed by atoms with Crippen LogP contribution in [-0.2, 0) is 16.1 Å². The van der Waals surface area contributed by atoms with Crippen LogP contribution >= 0.6 is 34.5 Å². The molecule has 0 aliphatic heterocycles. The molecule has 0 unspecified atom stereocenters. The molecule has 3 rings (SSSR count). The van der Waals surface area contributed by atoms with Crippen LogP contribution in [0.4, 0.5) is 0 Å². The van der Waals surface area contributed by atoms with Gasteiger partial charge in [0.25, 0.3) is 11.8 Å². The van der Waals surface area contributed by atoms with Gasteiger partial charge >= 0.3 is 5.97 Å². The maximum Gasteiger partial charge on any atom is 0.328 e. The number of carbonyl (C=O) groups is 4. The molecule has 0 aliphatic carbocycles. The van der Waals surface area contributed by atoms with E-state index in [4.69, 9.17) is 27.6 Å². The first-order valence-electron chi connectivity index (χ1n) is 10.5. The molecule has 1 atom stereocenters. The van der Waals surface area contributed by atoms with Crippen LogP contribution in [0.15, 0.2) is 58.0 Å². The number of aliphatic carboxylic acids is 1. The van der Waals surface area contributed by atoms with Gasteiger partial charge in [0.15, 0.2) is 0 Å². The van der Waals surface area contributed by atoms with E-state index >= 15 is 0 Å². The van der Waals surface area contributed by atoms with Crippen molar-refractivity contribution in [3.63, 3.8) is 0 Å². The number of thiophene rings is 1. The minimum atomic E-state index is -1.42. The summed E-state index contributed by atoms with van der Waals surface area (Å²) in [5, 5.41) is 18.6. The van der Waals surface area contributed by atoms with E-state index in [1.807, 2.05) is 0 Å². The fraction of sp³-hybridized carbons (Fsp3) is 0.167. The van der Waals surface area contributed by atoms with Crippen LogP contribution in [0.3, 0.4) is 0 Å². The Morgan fingerprint density at radius 3 is 2.39 bits per heavy atom. The van der Waals surface area contributed by atoms with Crippen LogP contribution < -0.4 is 16.0 Å². The largest absolute Gasteiger partial charge is 0.480 e. The second-order valence-electron chi connectivity index (χ2n) is 7.51. The zero-order chi connectivity index (χ0) is 26.2. The van der Waals surface area contributed by atoms with Crippen molar-refractivity contribution < 1.29 is 28.7 Å². The Morgan fingerprint density at radius 2 is 1.81 bits per heavy atom. The molecule has 2 heterocycles. The van der Waals surface area contributed by atoms with Gasteiger partial charge in [0, 0.05) is 18.7 Å². The molecule has 36 heavy (non-hydrogen) atoms. The van der Waals surface area contributed by atoms with Gasteiger partial charge in [-0.2, -0.15) is 0 Å². The van der Waals surface area contributed by atoms with Gasteiger partial charge in [-0.3, -0.25) is 14.4 Å². The number of carboxylic acid groups (broad SMARTS) is 1. The van der Waals surface area contributed by atoms with Crippen molar-refractivity contribution in [2.45, 2.75) is 19.5 Å². The average Bonchev–Trinajstić information content (AvgIpc) is 3.54. The minimum absolute atomic E-state index is 0.0288. The fourth-order valence-corrected chi connectivity index (χ4v) is 4.38. The Labute approximate surface area is 220 Å². The summed E-state index contributed by atoms with van der Waals surface area (Å²) in [7, 11) is 0. The SMILES string of the molecule is C/C(=C\c1ccco1)C(=O)NCc1cc(Cl)c(C(=O)N[C@@H](CNC(=O)c2cccs2)C(=O)O)c(Cl)c1. The first kappa shape index (κ1) is 27.0. The van der Waals surface area contributed by atoms with Gasteiger partial charge in [0.1, 0.15) is 11.8 Å². The summed E-state index contributed by atoms with van der Waals surface area (Å²) in [6.07, 6.45) is 3.09. The molecule has 2 aromatic heterocycles. The van der Waals surface area contributed by atoms with Crippen LogP contribution in [0.5, 0.6) is 0 Å². The molecule has 188 valence electrons. The standard InChI is InChI=1S/C24H21Cl2N3O6S/c1-13(8-15-4-2-6-35-15)21(30)27-11-14-9-16(25)20(17(26)10-14)23(32)29-18(24(33)34)12-28-22(31)19-5-3-7-36-19/h2-10,18H,11-12H2,1H3,(H,27,30)(H,28,31)(H,29,32)(H,33,34)/b13-8+/t18-/m0/s1. The third-order valence-electron chi connectivity index (χ3n) is 4.86. The molecule has 0 spiro atoms. The van der Waals surface area contributed by atoms with Crippen LogP contribution in [-0.4, -0.2) is 41.4 Å². The maximum absolute atomic E-state index is 12.8. The lowest BCUT2D eigenvalue weighted by atomic mass is 10.1. The van der Waals surface area contributed by atoms with Crippen LogP contribution in [0, 0.1) is 0 Å². The quantitative estimate of drug-likeness (QED) is 0.282. The molecule has 4 N–H and O–H groups in total. The monoisotopic (exact) mass is 549 g/mol. The Balaban J connectivity index is 1.62. The molecule has 0 saturated heterocycles. The molecule has 1 aromatic carbocycles. The van der Waals surface area contributed by atoms with E-state index in [0.717, 1.165) is 0 Å². The third kappa shape index (κ3) is 7.20. The zero-order valence-electron chi connectivity index (χ0n) is 18.8. The van der Waals surface area contributed by atoms with Gasteiger partial charge in [-0.05, 0) is 54.3 Å². The summed E-state index contributed by atoms with van der Waals surface area (Å²) in [6.45, 7) is 1.37. The minimum Gasteiger partial charge on any atom is -0.480 e. The predicted molar refractivity (Wildman–Crippen MR) is 136 cm³/mol. The number of carbonyl (C=O) groups excluding carboxylic acids is 3. The van der Waals surface area contributed by atoms with E-state index in [1.54, 1.807) is 42.6 Å². The number of hydrogen-bond donors (Lipinski definition) is 4. The first-order chi connectivity index (χ1) is 17.2. The number of carboxylic acids is 1. The molecule has 0 saturated carbocycles. The fourth-order valence-electron chi connectivity index (χ4n) is 3.04. The number of halogens is 2. The van der Waals surface area contributed by atoms with Crippen molar-refractivity contribution in [3.8, 4) is 0 Å². The summed E-state index contributed by atoms with van der Waals surface area (Å²) in [6, 6.07) is 8.18. The van der Waals surface area contributed by atoms with Gasteiger partial charge in [-0.1, -0.05) is 29.3 Å². The number of rotatable bonds is 10. The van der Waals surface area contributed by atoms with E-state index in [9.17, 15) is 24.3 Å². The van der Waals surface area contributed by atoms with Crippen LogP contribution in [0.1, 0.15) is 38.3 Å². The highest BCUT2D eigenvalue weighted by Gasteiger charge is 2.25. The van der Waals surface area contributed by atoms with Gasteiger partial charge < -0.3 is 25.5 Å². The molecular formula is C24H21Cl2N3O6S. The Bertz CT molecular complexity index is 1270. The molecule has 9 nitrogen and oxygen atoms in total. The summed E-state index contributed by atoms with van der Waals surface area (Å²) in [5.74, 6) is -2.43. The van der Waals surface area contributed by atoms with Crippen molar-refractivity contribution in [1.29, 1.82) is 0 Å². The lowest BCUT2D eigenvalue weighted by Crippen LogP contribution is -2.48. The van der Waals surface area contributed by atoms with Gasteiger partial charge in [-0.15, -0.1) is 11.3 Å². The number of furan rings is 1. The molecule has 12 heteroatoms. The highest BCUT2D eigenvalue weighted by molar-refractivity contribution is 7.12. The molecule has 3 aromatic rings. The topological polar surface area (TPSA) is 138 Å². The molecular weight excluding hydrogens is 529 g/mol. The lowest BCUT2D eigenvalue weighted by molar-refractivity contribution is -0.139. The highest BCUT2D eigenvalue weighted by Crippen LogP contribution is 2.27. The van der Waals surface area contributed by atoms with E-state index < -0.39 is 23.8 Å².